The summed E-state index contributed by atoms with van der Waals surface area (Å²) in [5, 5.41) is 3.67. The van der Waals surface area contributed by atoms with Gasteiger partial charge in [0.25, 0.3) is 5.91 Å². The van der Waals surface area contributed by atoms with Crippen molar-refractivity contribution in [3.05, 3.63) is 32.4 Å². The highest BCUT2D eigenvalue weighted by Crippen LogP contribution is 2.27. The van der Waals surface area contributed by atoms with E-state index >= 15 is 0 Å². The van der Waals surface area contributed by atoms with Gasteiger partial charge in [0.1, 0.15) is 0 Å². The molecule has 0 aromatic heterocycles. The van der Waals surface area contributed by atoms with Crippen LogP contribution in [0.4, 0.5) is 0 Å². The summed E-state index contributed by atoms with van der Waals surface area (Å²) in [6.45, 7) is 3.09. The van der Waals surface area contributed by atoms with Crippen molar-refractivity contribution in [2.24, 2.45) is 11.8 Å². The molecule has 2 nitrogen and oxygen atoms in total. The lowest BCUT2D eigenvalue weighted by Gasteiger charge is -2.26. The van der Waals surface area contributed by atoms with E-state index in [0.29, 0.717) is 16.5 Å². The van der Waals surface area contributed by atoms with Gasteiger partial charge in [0, 0.05) is 15.7 Å². The van der Waals surface area contributed by atoms with Crippen LogP contribution in [0, 0.1) is 15.4 Å². The largest absolute Gasteiger partial charge is 0.352 e. The van der Waals surface area contributed by atoms with Crippen LogP contribution in [-0.4, -0.2) is 12.5 Å². The maximum Gasteiger partial charge on any atom is 0.251 e. The molecule has 1 aromatic carbocycles. The summed E-state index contributed by atoms with van der Waals surface area (Å²) in [4.78, 5) is 12.0. The Morgan fingerprint density at radius 1 is 1.37 bits per heavy atom. The lowest BCUT2D eigenvalue weighted by atomic mass is 9.83. The molecule has 0 radical (unpaired) electrons. The van der Waals surface area contributed by atoms with E-state index in [4.69, 9.17) is 11.6 Å². The number of amides is 1. The summed E-state index contributed by atoms with van der Waals surface area (Å²) in [6.07, 6.45) is 5.04. The van der Waals surface area contributed by atoms with Gasteiger partial charge in [-0.2, -0.15) is 0 Å². The number of halogens is 2. The Labute approximate surface area is 133 Å². The number of carbonyl (C=O) groups excluding carboxylic acids is 1. The second kappa shape index (κ2) is 6.93. The molecule has 4 heteroatoms. The molecule has 1 aliphatic carbocycles. The van der Waals surface area contributed by atoms with Crippen molar-refractivity contribution < 1.29 is 4.79 Å². The topological polar surface area (TPSA) is 29.1 Å². The molecule has 0 atom stereocenters. The smallest absolute Gasteiger partial charge is 0.251 e. The minimum absolute atomic E-state index is 0.0167. The number of carbonyl (C=O) groups is 1. The highest BCUT2D eigenvalue weighted by molar-refractivity contribution is 14.1. The Balaban J connectivity index is 1.85. The van der Waals surface area contributed by atoms with Crippen LogP contribution in [0.25, 0.3) is 0 Å². The van der Waals surface area contributed by atoms with Crippen LogP contribution in [0.3, 0.4) is 0 Å². The zero-order chi connectivity index (χ0) is 13.8. The Bertz CT molecular complexity index is 455. The van der Waals surface area contributed by atoms with E-state index in [1.165, 1.54) is 25.7 Å². The van der Waals surface area contributed by atoms with Crippen LogP contribution in [0.2, 0.25) is 5.02 Å². The van der Waals surface area contributed by atoms with Crippen molar-refractivity contribution >= 4 is 40.1 Å². The molecule has 1 aliphatic rings. The highest BCUT2D eigenvalue weighted by atomic mass is 127. The van der Waals surface area contributed by atoms with E-state index in [9.17, 15) is 4.79 Å². The molecule has 1 aromatic rings. The molecular weight excluding hydrogens is 373 g/mol. The third kappa shape index (κ3) is 4.35. The zero-order valence-corrected chi connectivity index (χ0v) is 14.0. The van der Waals surface area contributed by atoms with Gasteiger partial charge in [-0.15, -0.1) is 0 Å². The number of rotatable bonds is 3. The van der Waals surface area contributed by atoms with E-state index in [0.717, 1.165) is 16.0 Å². The van der Waals surface area contributed by atoms with E-state index < -0.39 is 0 Å². The van der Waals surface area contributed by atoms with Gasteiger partial charge in [-0.25, -0.2) is 0 Å². The standard InChI is InChI=1S/C15H19ClINO/c1-10-2-4-11(5-3-10)9-18-15(19)12-6-7-14(17)13(16)8-12/h6-8,10-11H,2-5,9H2,1H3,(H,18,19). The zero-order valence-electron chi connectivity index (χ0n) is 11.1. The maximum atomic E-state index is 12.0. The minimum Gasteiger partial charge on any atom is -0.352 e. The average molecular weight is 392 g/mol. The van der Waals surface area contributed by atoms with E-state index in [1.54, 1.807) is 6.07 Å². The molecular formula is C15H19ClINO. The van der Waals surface area contributed by atoms with Crippen molar-refractivity contribution in [1.29, 1.82) is 0 Å². The molecule has 1 amide bonds. The predicted molar refractivity (Wildman–Crippen MR) is 87.6 cm³/mol. The van der Waals surface area contributed by atoms with Crippen LogP contribution in [0.5, 0.6) is 0 Å². The average Bonchev–Trinajstić information content (AvgIpc) is 2.41. The molecule has 0 bridgehead atoms. The molecule has 19 heavy (non-hydrogen) atoms. The first-order chi connectivity index (χ1) is 9.06. The number of hydrogen-bond donors (Lipinski definition) is 1. The van der Waals surface area contributed by atoms with Crippen molar-refractivity contribution in [3.8, 4) is 0 Å². The van der Waals surface area contributed by atoms with Gasteiger partial charge in [-0.1, -0.05) is 31.4 Å². The summed E-state index contributed by atoms with van der Waals surface area (Å²) in [6, 6.07) is 5.44. The van der Waals surface area contributed by atoms with Gasteiger partial charge in [0.15, 0.2) is 0 Å². The van der Waals surface area contributed by atoms with Gasteiger partial charge < -0.3 is 5.32 Å². The van der Waals surface area contributed by atoms with Gasteiger partial charge in [-0.05, 0) is 65.5 Å². The van der Waals surface area contributed by atoms with Crippen molar-refractivity contribution in [1.82, 2.24) is 5.32 Å². The van der Waals surface area contributed by atoms with Gasteiger partial charge in [-0.3, -0.25) is 4.79 Å². The molecule has 104 valence electrons. The van der Waals surface area contributed by atoms with E-state index in [-0.39, 0.29) is 5.91 Å². The molecule has 1 saturated carbocycles. The Hall–Kier alpha value is -0.290. The van der Waals surface area contributed by atoms with Crippen LogP contribution >= 0.6 is 34.2 Å². The predicted octanol–water partition coefficient (Wildman–Crippen LogP) is 4.50. The minimum atomic E-state index is -0.0167. The molecule has 1 N–H and O–H groups in total. The fourth-order valence-electron chi connectivity index (χ4n) is 2.51. The number of hydrogen-bond acceptors (Lipinski definition) is 1. The summed E-state index contributed by atoms with van der Waals surface area (Å²) < 4.78 is 0.970. The summed E-state index contributed by atoms with van der Waals surface area (Å²) in [5.74, 6) is 1.47. The van der Waals surface area contributed by atoms with Crippen molar-refractivity contribution in [3.63, 3.8) is 0 Å². The Morgan fingerprint density at radius 2 is 2.05 bits per heavy atom. The number of nitrogens with one attached hydrogen (secondary N) is 1. The van der Waals surface area contributed by atoms with Crippen LogP contribution in [0.1, 0.15) is 43.0 Å². The monoisotopic (exact) mass is 391 g/mol. The fraction of sp³-hybridized carbons (Fsp3) is 0.533. The van der Waals surface area contributed by atoms with Crippen molar-refractivity contribution in [2.45, 2.75) is 32.6 Å². The first-order valence-corrected chi connectivity index (χ1v) is 8.25. The van der Waals surface area contributed by atoms with Crippen molar-refractivity contribution in [2.75, 3.05) is 6.54 Å². The first kappa shape index (κ1) is 15.1. The molecule has 0 spiro atoms. The highest BCUT2D eigenvalue weighted by Gasteiger charge is 2.19. The molecule has 2 rings (SSSR count). The second-order valence-electron chi connectivity index (χ2n) is 5.46. The Morgan fingerprint density at radius 3 is 2.68 bits per heavy atom. The molecule has 0 aliphatic heterocycles. The third-order valence-corrected chi connectivity index (χ3v) is 5.44. The molecule has 0 heterocycles. The van der Waals surface area contributed by atoms with Gasteiger partial charge >= 0.3 is 0 Å². The van der Waals surface area contributed by atoms with Crippen LogP contribution in [-0.2, 0) is 0 Å². The lowest BCUT2D eigenvalue weighted by Crippen LogP contribution is -2.31. The quantitative estimate of drug-likeness (QED) is 0.755. The van der Waals surface area contributed by atoms with E-state index in [2.05, 4.69) is 34.8 Å². The SMILES string of the molecule is CC1CCC(CNC(=O)c2ccc(I)c(Cl)c2)CC1. The normalized spacial score (nSPS) is 23.1. The maximum absolute atomic E-state index is 12.0. The van der Waals surface area contributed by atoms with Gasteiger partial charge in [0.2, 0.25) is 0 Å². The summed E-state index contributed by atoms with van der Waals surface area (Å²) in [7, 11) is 0. The molecule has 0 saturated heterocycles. The number of benzene rings is 1. The second-order valence-corrected chi connectivity index (χ2v) is 7.03. The van der Waals surface area contributed by atoms with Crippen LogP contribution < -0.4 is 5.32 Å². The summed E-state index contributed by atoms with van der Waals surface area (Å²) >= 11 is 8.19. The van der Waals surface area contributed by atoms with Gasteiger partial charge in [0.05, 0.1) is 5.02 Å². The first-order valence-electron chi connectivity index (χ1n) is 6.79. The lowest BCUT2D eigenvalue weighted by molar-refractivity contribution is 0.0942. The third-order valence-electron chi connectivity index (χ3n) is 3.87. The van der Waals surface area contributed by atoms with E-state index in [1.807, 2.05) is 12.1 Å². The molecule has 1 fully saturated rings. The Kier molecular flexibility index (Phi) is 5.51. The summed E-state index contributed by atoms with van der Waals surface area (Å²) in [5.41, 5.74) is 0.648. The molecule has 0 unspecified atom stereocenters. The fourth-order valence-corrected chi connectivity index (χ4v) is 3.03. The van der Waals surface area contributed by atoms with Crippen LogP contribution in [0.15, 0.2) is 18.2 Å².